The third-order valence-corrected chi connectivity index (χ3v) is 4.48. The summed E-state index contributed by atoms with van der Waals surface area (Å²) < 4.78 is 17.8. The van der Waals surface area contributed by atoms with Gasteiger partial charge in [-0.05, 0) is 59.0 Å². The third-order valence-electron chi connectivity index (χ3n) is 2.88. The van der Waals surface area contributed by atoms with Crippen LogP contribution in [-0.4, -0.2) is 33.2 Å². The van der Waals surface area contributed by atoms with Crippen LogP contribution in [0.25, 0.3) is 0 Å². The van der Waals surface area contributed by atoms with Gasteiger partial charge in [0.1, 0.15) is 0 Å². The molecule has 140 valence electrons. The molecule has 0 aliphatic rings. The number of hydrogen-bond donors (Lipinski definition) is 0. The van der Waals surface area contributed by atoms with E-state index in [9.17, 15) is 0 Å². The Balaban J connectivity index is 2.70. The maximum absolute atomic E-state index is 6.12. The topological polar surface area (TPSA) is 53.5 Å². The summed E-state index contributed by atoms with van der Waals surface area (Å²) in [4.78, 5) is 8.83. The molecule has 0 bridgehead atoms. The molecule has 0 aliphatic heterocycles. The second-order valence-electron chi connectivity index (χ2n) is 7.85. The summed E-state index contributed by atoms with van der Waals surface area (Å²) in [5.41, 5.74) is 0.874. The monoisotopic (exact) mass is 380 g/mol. The Bertz CT molecular complexity index is 599. The summed E-state index contributed by atoms with van der Waals surface area (Å²) >= 11 is 0. The molecular weight excluding hydrogens is 348 g/mol. The van der Waals surface area contributed by atoms with E-state index in [0.717, 1.165) is 24.8 Å². The van der Waals surface area contributed by atoms with Crippen LogP contribution in [0.5, 0.6) is 11.9 Å². The van der Waals surface area contributed by atoms with Gasteiger partial charge in [-0.15, -0.1) is 11.8 Å². The Morgan fingerprint density at radius 2 is 1.68 bits per heavy atom. The van der Waals surface area contributed by atoms with E-state index in [1.54, 1.807) is 6.20 Å². The zero-order chi connectivity index (χ0) is 18.9. The Labute approximate surface area is 154 Å². The van der Waals surface area contributed by atoms with Crippen LogP contribution in [0.15, 0.2) is 6.20 Å². The van der Waals surface area contributed by atoms with E-state index >= 15 is 0 Å². The molecular formula is C18H32N2O3Si2. The average molecular weight is 381 g/mol. The number of unbranched alkanes of at least 4 members (excludes halogenated alkanes) is 2. The molecule has 0 saturated heterocycles. The molecule has 0 fully saturated rings. The quantitative estimate of drug-likeness (QED) is 0.337. The van der Waals surface area contributed by atoms with Crippen molar-refractivity contribution in [2.24, 2.45) is 0 Å². The Kier molecular flexibility index (Phi) is 8.62. The lowest BCUT2D eigenvalue weighted by Gasteiger charge is -2.22. The summed E-state index contributed by atoms with van der Waals surface area (Å²) in [6, 6.07) is 0.398. The van der Waals surface area contributed by atoms with Crippen molar-refractivity contribution in [3.05, 3.63) is 11.8 Å². The van der Waals surface area contributed by atoms with E-state index in [1.165, 1.54) is 0 Å². The number of rotatable bonds is 10. The largest absolute Gasteiger partial charge is 0.531 e. The fraction of sp³-hybridized carbons (Fsp3) is 0.667. The second kappa shape index (κ2) is 9.95. The van der Waals surface area contributed by atoms with Crippen LogP contribution in [-0.2, 0) is 11.3 Å². The maximum Gasteiger partial charge on any atom is 0.305 e. The number of hydrogen-bond acceptors (Lipinski definition) is 5. The zero-order valence-electron chi connectivity index (χ0n) is 16.7. The van der Waals surface area contributed by atoms with E-state index in [2.05, 4.69) is 61.1 Å². The van der Waals surface area contributed by atoms with Crippen molar-refractivity contribution >= 4 is 16.6 Å². The summed E-state index contributed by atoms with van der Waals surface area (Å²) in [5.74, 6) is 6.57. The fourth-order valence-corrected chi connectivity index (χ4v) is 3.30. The molecule has 0 radical (unpaired) electrons. The van der Waals surface area contributed by atoms with Gasteiger partial charge in [0.15, 0.2) is 0 Å². The van der Waals surface area contributed by atoms with Gasteiger partial charge in [-0.25, -0.2) is 4.98 Å². The number of nitrogens with zero attached hydrogens (tertiary/aromatic N) is 2. The highest BCUT2D eigenvalue weighted by Crippen LogP contribution is 2.23. The highest BCUT2D eigenvalue weighted by Gasteiger charge is 2.23. The molecule has 1 aromatic heterocycles. The number of aromatic nitrogens is 2. The smallest absolute Gasteiger partial charge is 0.305 e. The molecule has 5 nitrogen and oxygen atoms in total. The van der Waals surface area contributed by atoms with Crippen molar-refractivity contribution in [3.63, 3.8) is 0 Å². The van der Waals surface area contributed by atoms with Gasteiger partial charge in [0.25, 0.3) is 0 Å². The normalized spacial score (nSPS) is 11.6. The van der Waals surface area contributed by atoms with E-state index < -0.39 is 16.6 Å². The fourth-order valence-electron chi connectivity index (χ4n) is 1.90. The van der Waals surface area contributed by atoms with E-state index in [0.29, 0.717) is 25.1 Å². The van der Waals surface area contributed by atoms with Crippen molar-refractivity contribution in [2.75, 3.05) is 6.61 Å². The molecule has 0 N–H and O–H groups in total. The SMILES string of the molecule is CC#CCCCCOCc1cnc(O[Si](C)(C)C)nc1O[Si](C)(C)C. The first-order valence-corrected chi connectivity index (χ1v) is 15.6. The molecule has 1 heterocycles. The lowest BCUT2D eigenvalue weighted by atomic mass is 10.2. The minimum absolute atomic E-state index is 0.398. The summed E-state index contributed by atoms with van der Waals surface area (Å²) in [6.07, 6.45) is 4.74. The van der Waals surface area contributed by atoms with E-state index in [4.69, 9.17) is 13.6 Å². The average Bonchev–Trinajstić information content (AvgIpc) is 2.45. The molecule has 0 aliphatic carbocycles. The molecule has 0 aromatic carbocycles. The van der Waals surface area contributed by atoms with Crippen LogP contribution in [0.1, 0.15) is 31.7 Å². The molecule has 0 unspecified atom stereocenters. The van der Waals surface area contributed by atoms with Gasteiger partial charge in [-0.1, -0.05) is 0 Å². The molecule has 0 spiro atoms. The molecule has 1 rings (SSSR count). The number of ether oxygens (including phenoxy) is 1. The van der Waals surface area contributed by atoms with Gasteiger partial charge >= 0.3 is 6.01 Å². The molecule has 25 heavy (non-hydrogen) atoms. The first kappa shape index (κ1) is 21.7. The highest BCUT2D eigenvalue weighted by atomic mass is 28.4. The Hall–Kier alpha value is -1.37. The van der Waals surface area contributed by atoms with Crippen LogP contribution in [0.3, 0.4) is 0 Å². The standard InChI is InChI=1S/C18H32N2O3Si2/c1-8-9-10-11-12-13-21-15-16-14-19-18(23-25(5,6)7)20-17(16)22-24(2,3)4/h14H,10-13,15H2,1-7H3. The van der Waals surface area contributed by atoms with Crippen LogP contribution in [0, 0.1) is 11.8 Å². The van der Waals surface area contributed by atoms with Crippen molar-refractivity contribution in [2.45, 2.75) is 72.1 Å². The third kappa shape index (κ3) is 10.3. The summed E-state index contributed by atoms with van der Waals surface area (Å²) in [7, 11) is -3.54. The van der Waals surface area contributed by atoms with Gasteiger partial charge in [-0.3, -0.25) is 0 Å². The lowest BCUT2D eigenvalue weighted by Crippen LogP contribution is -2.32. The maximum atomic E-state index is 6.12. The van der Waals surface area contributed by atoms with Crippen molar-refractivity contribution < 1.29 is 13.6 Å². The molecule has 0 saturated carbocycles. The Morgan fingerprint density at radius 1 is 1.00 bits per heavy atom. The van der Waals surface area contributed by atoms with E-state index in [-0.39, 0.29) is 0 Å². The lowest BCUT2D eigenvalue weighted by molar-refractivity contribution is 0.115. The van der Waals surface area contributed by atoms with Crippen LogP contribution in [0.4, 0.5) is 0 Å². The van der Waals surface area contributed by atoms with Crippen LogP contribution in [0.2, 0.25) is 39.3 Å². The van der Waals surface area contributed by atoms with E-state index in [1.807, 2.05) is 6.92 Å². The van der Waals surface area contributed by atoms with Crippen LogP contribution < -0.4 is 8.85 Å². The predicted molar refractivity (Wildman–Crippen MR) is 107 cm³/mol. The van der Waals surface area contributed by atoms with Crippen molar-refractivity contribution in [3.8, 4) is 23.7 Å². The molecule has 7 heteroatoms. The molecule has 0 amide bonds. The second-order valence-corrected chi connectivity index (χ2v) is 16.7. The molecule has 1 aromatic rings. The van der Waals surface area contributed by atoms with Gasteiger partial charge in [0.05, 0.1) is 12.2 Å². The minimum Gasteiger partial charge on any atom is -0.531 e. The van der Waals surface area contributed by atoms with Gasteiger partial charge in [0.2, 0.25) is 22.5 Å². The highest BCUT2D eigenvalue weighted by molar-refractivity contribution is 6.70. The molecule has 0 atom stereocenters. The van der Waals surface area contributed by atoms with Gasteiger partial charge in [-0.2, -0.15) is 4.98 Å². The van der Waals surface area contributed by atoms with Crippen molar-refractivity contribution in [1.82, 2.24) is 9.97 Å². The predicted octanol–water partition coefficient (Wildman–Crippen LogP) is 4.61. The first-order valence-electron chi connectivity index (χ1n) is 8.82. The van der Waals surface area contributed by atoms with Gasteiger partial charge in [0, 0.05) is 19.2 Å². The first-order chi connectivity index (χ1) is 11.6. The summed E-state index contributed by atoms with van der Waals surface area (Å²) in [5, 5.41) is 0. The zero-order valence-corrected chi connectivity index (χ0v) is 18.7. The van der Waals surface area contributed by atoms with Crippen LogP contribution >= 0.6 is 0 Å². The minimum atomic E-state index is -1.79. The summed E-state index contributed by atoms with van der Waals surface area (Å²) in [6.45, 7) is 15.7. The van der Waals surface area contributed by atoms with Gasteiger partial charge < -0.3 is 13.6 Å². The van der Waals surface area contributed by atoms with Crippen molar-refractivity contribution in [1.29, 1.82) is 0 Å². The Morgan fingerprint density at radius 3 is 2.28 bits per heavy atom.